The molecule has 2 unspecified atom stereocenters. The van der Waals surface area contributed by atoms with Crippen molar-refractivity contribution in [2.24, 2.45) is 5.92 Å². The van der Waals surface area contributed by atoms with Crippen molar-refractivity contribution in [3.05, 3.63) is 18.3 Å². The second-order valence-corrected chi connectivity index (χ2v) is 7.50. The molecular weight excluding hydrogens is 278 g/mol. The fourth-order valence-electron chi connectivity index (χ4n) is 2.48. The molecule has 1 saturated heterocycles. The lowest BCUT2D eigenvalue weighted by atomic mass is 10.0. The van der Waals surface area contributed by atoms with Gasteiger partial charge in [-0.25, -0.2) is 17.7 Å². The van der Waals surface area contributed by atoms with Gasteiger partial charge in [-0.15, -0.1) is 0 Å². The highest BCUT2D eigenvalue weighted by molar-refractivity contribution is 7.89. The van der Waals surface area contributed by atoms with Crippen LogP contribution in [0.25, 0.3) is 0 Å². The van der Waals surface area contributed by atoms with Gasteiger partial charge in [0.2, 0.25) is 10.0 Å². The van der Waals surface area contributed by atoms with E-state index in [4.69, 9.17) is 0 Å². The Bertz CT molecular complexity index is 557. The average molecular weight is 299 g/mol. The van der Waals surface area contributed by atoms with Crippen LogP contribution >= 0.6 is 0 Å². The Hall–Kier alpha value is -1.18. The molecule has 2 heterocycles. The zero-order valence-corrected chi connectivity index (χ0v) is 12.8. The summed E-state index contributed by atoms with van der Waals surface area (Å²) >= 11 is 0. The Labute approximate surface area is 120 Å². The third-order valence-corrected chi connectivity index (χ3v) is 5.66. The van der Waals surface area contributed by atoms with Crippen LogP contribution < -0.4 is 4.90 Å². The predicted octanol–water partition coefficient (Wildman–Crippen LogP) is 0.539. The van der Waals surface area contributed by atoms with Crippen LogP contribution in [0.1, 0.15) is 13.3 Å². The highest BCUT2D eigenvalue weighted by Gasteiger charge is 2.31. The van der Waals surface area contributed by atoms with Gasteiger partial charge in [0.1, 0.15) is 10.7 Å². The van der Waals surface area contributed by atoms with E-state index in [9.17, 15) is 13.5 Å². The highest BCUT2D eigenvalue weighted by Crippen LogP contribution is 2.28. The van der Waals surface area contributed by atoms with Gasteiger partial charge in [0.25, 0.3) is 0 Å². The normalized spacial score (nSPS) is 23.6. The number of aliphatic hydroxyl groups is 1. The molecule has 6 nitrogen and oxygen atoms in total. The summed E-state index contributed by atoms with van der Waals surface area (Å²) in [5.41, 5.74) is 0. The first-order chi connectivity index (χ1) is 9.37. The predicted molar refractivity (Wildman–Crippen MR) is 77.1 cm³/mol. The van der Waals surface area contributed by atoms with Gasteiger partial charge in [0.05, 0.1) is 12.6 Å². The quantitative estimate of drug-likeness (QED) is 0.878. The maximum Gasteiger partial charge on any atom is 0.244 e. The number of sulfonamides is 1. The number of hydrogen-bond donors (Lipinski definition) is 1. The maximum atomic E-state index is 12.0. The van der Waals surface area contributed by atoms with E-state index in [1.165, 1.54) is 20.3 Å². The molecule has 0 radical (unpaired) electrons. The molecule has 1 fully saturated rings. The molecule has 1 aliphatic rings. The van der Waals surface area contributed by atoms with Gasteiger partial charge in [-0.05, 0) is 24.5 Å². The van der Waals surface area contributed by atoms with Crippen LogP contribution in [0.4, 0.5) is 5.82 Å². The van der Waals surface area contributed by atoms with Crippen LogP contribution in [0.5, 0.6) is 0 Å². The van der Waals surface area contributed by atoms with Crippen molar-refractivity contribution in [1.82, 2.24) is 9.29 Å². The molecule has 7 heteroatoms. The molecule has 2 atom stereocenters. The van der Waals surface area contributed by atoms with Gasteiger partial charge in [-0.1, -0.05) is 6.92 Å². The van der Waals surface area contributed by atoms with Crippen LogP contribution in [0, 0.1) is 5.92 Å². The number of hydrogen-bond acceptors (Lipinski definition) is 5. The van der Waals surface area contributed by atoms with E-state index in [0.29, 0.717) is 11.7 Å². The number of anilines is 1. The number of aromatic nitrogens is 1. The fraction of sp³-hybridized carbons (Fsp3) is 0.615. The SMILES string of the molecule is CC1CCN(c2ccc(S(=O)(=O)N(C)C)cn2)C1CO. The molecule has 1 aliphatic heterocycles. The van der Waals surface area contributed by atoms with Crippen molar-refractivity contribution in [1.29, 1.82) is 0 Å². The average Bonchev–Trinajstić information content (AvgIpc) is 2.79. The van der Waals surface area contributed by atoms with E-state index in [1.807, 2.05) is 4.90 Å². The summed E-state index contributed by atoms with van der Waals surface area (Å²) in [6.45, 7) is 3.02. The summed E-state index contributed by atoms with van der Waals surface area (Å²) in [5, 5.41) is 9.45. The molecule has 0 saturated carbocycles. The van der Waals surface area contributed by atoms with E-state index in [0.717, 1.165) is 17.3 Å². The largest absolute Gasteiger partial charge is 0.394 e. The van der Waals surface area contributed by atoms with E-state index in [-0.39, 0.29) is 17.5 Å². The minimum atomic E-state index is -3.44. The number of pyridine rings is 1. The number of rotatable bonds is 4. The zero-order valence-electron chi connectivity index (χ0n) is 12.0. The van der Waals surface area contributed by atoms with Crippen molar-refractivity contribution >= 4 is 15.8 Å². The molecule has 1 aromatic rings. The van der Waals surface area contributed by atoms with Crippen molar-refractivity contribution in [3.63, 3.8) is 0 Å². The molecule has 20 heavy (non-hydrogen) atoms. The first kappa shape index (κ1) is 15.2. The topological polar surface area (TPSA) is 73.7 Å². The second kappa shape index (κ2) is 5.67. The lowest BCUT2D eigenvalue weighted by molar-refractivity contribution is 0.244. The molecule has 2 rings (SSSR count). The molecule has 0 aromatic carbocycles. The Morgan fingerprint density at radius 2 is 2.15 bits per heavy atom. The first-order valence-electron chi connectivity index (χ1n) is 6.64. The van der Waals surface area contributed by atoms with Crippen molar-refractivity contribution in [2.45, 2.75) is 24.3 Å². The maximum absolute atomic E-state index is 12.0. The zero-order chi connectivity index (χ0) is 14.9. The van der Waals surface area contributed by atoms with Crippen LogP contribution in [0.15, 0.2) is 23.2 Å². The smallest absolute Gasteiger partial charge is 0.244 e. The monoisotopic (exact) mass is 299 g/mol. The summed E-state index contributed by atoms with van der Waals surface area (Å²) in [6, 6.07) is 3.32. The summed E-state index contributed by atoms with van der Waals surface area (Å²) in [4.78, 5) is 6.47. The number of nitrogens with zero attached hydrogens (tertiary/aromatic N) is 3. The van der Waals surface area contributed by atoms with Gasteiger partial charge in [-0.3, -0.25) is 0 Å². The second-order valence-electron chi connectivity index (χ2n) is 5.35. The van der Waals surface area contributed by atoms with E-state index in [2.05, 4.69) is 11.9 Å². The molecular formula is C13H21N3O3S. The third-order valence-electron chi connectivity index (χ3n) is 3.86. The van der Waals surface area contributed by atoms with Crippen LogP contribution in [-0.2, 0) is 10.0 Å². The van der Waals surface area contributed by atoms with Crippen molar-refractivity contribution in [2.75, 3.05) is 32.1 Å². The highest BCUT2D eigenvalue weighted by atomic mass is 32.2. The molecule has 112 valence electrons. The Morgan fingerprint density at radius 1 is 1.45 bits per heavy atom. The van der Waals surface area contributed by atoms with Gasteiger partial charge in [-0.2, -0.15) is 0 Å². The Kier molecular flexibility index (Phi) is 4.31. The molecule has 0 aliphatic carbocycles. The summed E-state index contributed by atoms with van der Waals surface area (Å²) < 4.78 is 25.1. The molecule has 1 N–H and O–H groups in total. The van der Waals surface area contributed by atoms with Gasteiger partial charge >= 0.3 is 0 Å². The Morgan fingerprint density at radius 3 is 2.65 bits per heavy atom. The third kappa shape index (κ3) is 2.65. The van der Waals surface area contributed by atoms with Crippen molar-refractivity contribution in [3.8, 4) is 0 Å². The summed E-state index contributed by atoms with van der Waals surface area (Å²) in [6.07, 6.45) is 2.38. The van der Waals surface area contributed by atoms with Crippen LogP contribution in [0.3, 0.4) is 0 Å². The number of aliphatic hydroxyl groups excluding tert-OH is 1. The minimum absolute atomic E-state index is 0.0544. The lowest BCUT2D eigenvalue weighted by Crippen LogP contribution is -2.35. The van der Waals surface area contributed by atoms with Crippen LogP contribution in [-0.4, -0.2) is 56.1 Å². The van der Waals surface area contributed by atoms with Gasteiger partial charge in [0.15, 0.2) is 0 Å². The van der Waals surface area contributed by atoms with Crippen molar-refractivity contribution < 1.29 is 13.5 Å². The van der Waals surface area contributed by atoms with E-state index >= 15 is 0 Å². The standard InChI is InChI=1S/C13H21N3O3S/c1-10-6-7-16(12(10)9-17)13-5-4-11(8-14-13)20(18,19)15(2)3/h4-5,8,10,12,17H,6-7,9H2,1-3H3. The Balaban J connectivity index is 2.25. The molecule has 0 amide bonds. The first-order valence-corrected chi connectivity index (χ1v) is 8.08. The molecule has 0 spiro atoms. The molecule has 1 aromatic heterocycles. The molecule has 0 bridgehead atoms. The fourth-order valence-corrected chi connectivity index (χ4v) is 3.32. The summed E-state index contributed by atoms with van der Waals surface area (Å²) in [7, 11) is -0.458. The van der Waals surface area contributed by atoms with E-state index < -0.39 is 10.0 Å². The van der Waals surface area contributed by atoms with Gasteiger partial charge < -0.3 is 10.0 Å². The van der Waals surface area contributed by atoms with E-state index in [1.54, 1.807) is 12.1 Å². The van der Waals surface area contributed by atoms with Crippen LogP contribution in [0.2, 0.25) is 0 Å². The van der Waals surface area contributed by atoms with Gasteiger partial charge in [0, 0.05) is 26.8 Å². The summed E-state index contributed by atoms with van der Waals surface area (Å²) in [5.74, 6) is 1.12. The minimum Gasteiger partial charge on any atom is -0.394 e. The lowest BCUT2D eigenvalue weighted by Gasteiger charge is -2.26.